The smallest absolute Gasteiger partial charge is 0.342 e. The number of benzene rings is 2. The molecule has 0 saturated heterocycles. The van der Waals surface area contributed by atoms with E-state index < -0.39 is 14.3 Å². The van der Waals surface area contributed by atoms with Crippen LogP contribution in [0.4, 0.5) is 0 Å². The largest absolute Gasteiger partial charge is 0.544 e. The summed E-state index contributed by atoms with van der Waals surface area (Å²) < 4.78 is 16.3. The number of phenols is 1. The van der Waals surface area contributed by atoms with E-state index in [1.54, 1.807) is 12.1 Å². The minimum Gasteiger partial charge on any atom is -0.544 e. The summed E-state index contributed by atoms with van der Waals surface area (Å²) in [4.78, 5) is 12.1. The molecule has 0 radical (unpaired) electrons. The number of esters is 1. The third-order valence-corrected chi connectivity index (χ3v) is 9.62. The van der Waals surface area contributed by atoms with Crippen molar-refractivity contribution >= 4 is 26.4 Å². The highest BCUT2D eigenvalue weighted by molar-refractivity contribution is 6.74. The molecule has 1 N–H and O–H groups in total. The minimum absolute atomic E-state index is 0.0995. The van der Waals surface area contributed by atoms with Gasteiger partial charge in [-0.2, -0.15) is 0 Å². The normalized spacial score (nSPS) is 12.1. The zero-order valence-electron chi connectivity index (χ0n) is 18.2. The Labute approximate surface area is 174 Å². The Morgan fingerprint density at radius 3 is 2.14 bits per heavy atom. The number of hydrogen-bond donors (Lipinski definition) is 1. The van der Waals surface area contributed by atoms with Gasteiger partial charge in [0.15, 0.2) is 0 Å². The molecule has 0 spiro atoms. The molecular formula is C23H30O5Si. The van der Waals surface area contributed by atoms with Gasteiger partial charge in [-0.1, -0.05) is 45.1 Å². The van der Waals surface area contributed by atoms with Crippen LogP contribution in [-0.4, -0.2) is 33.6 Å². The van der Waals surface area contributed by atoms with Crippen LogP contribution in [0.25, 0.3) is 12.2 Å². The molecule has 0 saturated carbocycles. The van der Waals surface area contributed by atoms with Crippen molar-refractivity contribution < 1.29 is 23.8 Å². The van der Waals surface area contributed by atoms with Crippen LogP contribution < -0.4 is 9.16 Å². The summed E-state index contributed by atoms with van der Waals surface area (Å²) in [6.07, 6.45) is 3.61. The molecule has 2 rings (SSSR count). The summed E-state index contributed by atoms with van der Waals surface area (Å²) in [5.74, 6) is 0.507. The summed E-state index contributed by atoms with van der Waals surface area (Å²) in [5.41, 5.74) is 1.54. The van der Waals surface area contributed by atoms with Gasteiger partial charge in [0, 0.05) is 6.07 Å². The molecule has 2 aromatic carbocycles. The molecular weight excluding hydrogens is 384 g/mol. The van der Waals surface area contributed by atoms with E-state index in [4.69, 9.17) is 13.9 Å². The highest BCUT2D eigenvalue weighted by Crippen LogP contribution is 2.37. The number of methoxy groups -OCH3 is 2. The molecule has 0 heterocycles. The predicted molar refractivity (Wildman–Crippen MR) is 119 cm³/mol. The van der Waals surface area contributed by atoms with E-state index in [1.807, 2.05) is 30.3 Å². The van der Waals surface area contributed by atoms with Crippen LogP contribution >= 0.6 is 0 Å². The van der Waals surface area contributed by atoms with E-state index in [2.05, 4.69) is 33.9 Å². The van der Waals surface area contributed by atoms with Gasteiger partial charge in [0.2, 0.25) is 8.32 Å². The predicted octanol–water partition coefficient (Wildman–Crippen LogP) is 5.74. The molecule has 29 heavy (non-hydrogen) atoms. The maximum atomic E-state index is 12.1. The van der Waals surface area contributed by atoms with Crippen molar-refractivity contribution in [3.8, 4) is 17.2 Å². The average Bonchev–Trinajstić information content (AvgIpc) is 2.65. The molecule has 0 bridgehead atoms. The van der Waals surface area contributed by atoms with Gasteiger partial charge >= 0.3 is 5.97 Å². The Morgan fingerprint density at radius 2 is 1.62 bits per heavy atom. The molecule has 0 aromatic heterocycles. The highest BCUT2D eigenvalue weighted by atomic mass is 28.4. The van der Waals surface area contributed by atoms with Crippen LogP contribution in [0.15, 0.2) is 36.4 Å². The standard InChI is InChI=1S/C23H30O5Si/c1-23(2,3)29(6,7)28-18-12-9-16(10-13-18)8-11-17-14-19(26-4)15-20(24)21(17)22(25)27-5/h8-15,24H,1-7H3/b11-8+. The third kappa shape index (κ3) is 5.41. The van der Waals surface area contributed by atoms with Crippen LogP contribution in [0.2, 0.25) is 18.1 Å². The number of rotatable bonds is 6. The van der Waals surface area contributed by atoms with Crippen molar-refractivity contribution in [2.45, 2.75) is 38.9 Å². The van der Waals surface area contributed by atoms with Gasteiger partial charge in [0.05, 0.1) is 14.2 Å². The van der Waals surface area contributed by atoms with Gasteiger partial charge in [-0.3, -0.25) is 0 Å². The molecule has 0 aliphatic rings. The lowest BCUT2D eigenvalue weighted by Crippen LogP contribution is -2.43. The Morgan fingerprint density at radius 1 is 1.00 bits per heavy atom. The monoisotopic (exact) mass is 414 g/mol. The van der Waals surface area contributed by atoms with Crippen molar-refractivity contribution in [1.29, 1.82) is 0 Å². The number of ether oxygens (including phenoxy) is 2. The second kappa shape index (κ2) is 8.74. The Kier molecular flexibility index (Phi) is 6.80. The lowest BCUT2D eigenvalue weighted by Gasteiger charge is -2.36. The van der Waals surface area contributed by atoms with E-state index in [1.165, 1.54) is 20.3 Å². The van der Waals surface area contributed by atoms with E-state index in [0.717, 1.165) is 11.3 Å². The van der Waals surface area contributed by atoms with Crippen molar-refractivity contribution in [2.24, 2.45) is 0 Å². The van der Waals surface area contributed by atoms with E-state index >= 15 is 0 Å². The molecule has 6 heteroatoms. The Balaban J connectivity index is 2.29. The van der Waals surface area contributed by atoms with Crippen LogP contribution in [0.3, 0.4) is 0 Å². The van der Waals surface area contributed by atoms with Gasteiger partial charge in [-0.05, 0) is 47.5 Å². The van der Waals surface area contributed by atoms with Crippen LogP contribution in [0, 0.1) is 0 Å². The van der Waals surface area contributed by atoms with Gasteiger partial charge < -0.3 is 19.0 Å². The fourth-order valence-corrected chi connectivity index (χ4v) is 3.51. The Bertz CT molecular complexity index is 893. The van der Waals surface area contributed by atoms with Crippen LogP contribution in [0.5, 0.6) is 17.2 Å². The second-order valence-corrected chi connectivity index (χ2v) is 13.1. The van der Waals surface area contributed by atoms with Crippen molar-refractivity contribution in [1.82, 2.24) is 0 Å². The molecule has 0 fully saturated rings. The first kappa shape index (κ1) is 22.6. The average molecular weight is 415 g/mol. The molecule has 0 amide bonds. The van der Waals surface area contributed by atoms with E-state index in [-0.39, 0.29) is 16.4 Å². The molecule has 0 unspecified atom stereocenters. The SMILES string of the molecule is COC(=O)c1c(O)cc(OC)cc1/C=C/c1ccc(O[Si](C)(C)C(C)(C)C)cc1. The molecule has 0 aliphatic carbocycles. The lowest BCUT2D eigenvalue weighted by atomic mass is 10.0. The molecule has 0 atom stereocenters. The topological polar surface area (TPSA) is 65.0 Å². The molecule has 2 aromatic rings. The van der Waals surface area contributed by atoms with E-state index in [9.17, 15) is 9.90 Å². The first-order valence-electron chi connectivity index (χ1n) is 9.45. The minimum atomic E-state index is -1.89. The summed E-state index contributed by atoms with van der Waals surface area (Å²) >= 11 is 0. The number of hydrogen-bond acceptors (Lipinski definition) is 5. The maximum absolute atomic E-state index is 12.1. The number of carbonyl (C=O) groups excluding carboxylic acids is 1. The van der Waals surface area contributed by atoms with Gasteiger partial charge in [0.25, 0.3) is 0 Å². The molecule has 5 nitrogen and oxygen atoms in total. The number of carbonyl (C=O) groups is 1. The second-order valence-electron chi connectivity index (χ2n) is 8.37. The summed E-state index contributed by atoms with van der Waals surface area (Å²) in [5, 5.41) is 10.3. The molecule has 156 valence electrons. The summed E-state index contributed by atoms with van der Waals surface area (Å²) in [6.45, 7) is 11.0. The fraction of sp³-hybridized carbons (Fsp3) is 0.348. The first-order valence-corrected chi connectivity index (χ1v) is 12.4. The third-order valence-electron chi connectivity index (χ3n) is 5.26. The van der Waals surface area contributed by atoms with Crippen molar-refractivity contribution in [2.75, 3.05) is 14.2 Å². The van der Waals surface area contributed by atoms with Gasteiger partial charge in [-0.15, -0.1) is 0 Å². The maximum Gasteiger partial charge on any atom is 0.342 e. The first-order chi connectivity index (χ1) is 13.5. The quantitative estimate of drug-likeness (QED) is 0.371. The highest BCUT2D eigenvalue weighted by Gasteiger charge is 2.38. The molecule has 0 aliphatic heterocycles. The zero-order chi connectivity index (χ0) is 21.8. The van der Waals surface area contributed by atoms with E-state index in [0.29, 0.717) is 11.3 Å². The van der Waals surface area contributed by atoms with Crippen LogP contribution in [-0.2, 0) is 4.74 Å². The fourth-order valence-electron chi connectivity index (χ4n) is 2.48. The van der Waals surface area contributed by atoms with Gasteiger partial charge in [-0.25, -0.2) is 4.79 Å². The Hall–Kier alpha value is -2.73. The zero-order valence-corrected chi connectivity index (χ0v) is 19.2. The number of aromatic hydroxyl groups is 1. The lowest BCUT2D eigenvalue weighted by molar-refractivity contribution is 0.0597. The summed E-state index contributed by atoms with van der Waals surface area (Å²) in [7, 11) is 0.893. The van der Waals surface area contributed by atoms with Gasteiger partial charge in [0.1, 0.15) is 22.8 Å². The van der Waals surface area contributed by atoms with Crippen molar-refractivity contribution in [3.63, 3.8) is 0 Å². The van der Waals surface area contributed by atoms with Crippen LogP contribution in [0.1, 0.15) is 42.3 Å². The van der Waals surface area contributed by atoms with Crippen molar-refractivity contribution in [3.05, 3.63) is 53.1 Å². The number of phenolic OH excluding ortho intramolecular Hbond substituents is 1. The summed E-state index contributed by atoms with van der Waals surface area (Å²) in [6, 6.07) is 10.9.